The number of esters is 1. The minimum absolute atomic E-state index is 0.105. The number of amides is 1. The highest BCUT2D eigenvalue weighted by Gasteiger charge is 2.20. The van der Waals surface area contributed by atoms with E-state index in [9.17, 15) is 9.59 Å². The van der Waals surface area contributed by atoms with Crippen molar-refractivity contribution in [1.29, 1.82) is 0 Å². The third-order valence-corrected chi connectivity index (χ3v) is 3.90. The predicted octanol–water partition coefficient (Wildman–Crippen LogP) is 3.04. The Balaban J connectivity index is 2.24. The van der Waals surface area contributed by atoms with Gasteiger partial charge in [0.25, 0.3) is 5.91 Å². The minimum Gasteiger partial charge on any atom is -0.462 e. The van der Waals surface area contributed by atoms with Crippen molar-refractivity contribution in [1.82, 2.24) is 5.16 Å². The highest BCUT2D eigenvalue weighted by molar-refractivity contribution is 7.16. The summed E-state index contributed by atoms with van der Waals surface area (Å²) in [5.74, 6) is -0.781. The lowest BCUT2D eigenvalue weighted by atomic mass is 10.2. The molecular formula is C14H16N2O4S. The topological polar surface area (TPSA) is 81.4 Å². The fourth-order valence-corrected chi connectivity index (χ4v) is 2.68. The molecule has 1 amide bonds. The fraction of sp³-hybridized carbons (Fsp3) is 0.357. The zero-order valence-corrected chi connectivity index (χ0v) is 12.9. The molecular weight excluding hydrogens is 292 g/mol. The molecule has 21 heavy (non-hydrogen) atoms. The summed E-state index contributed by atoms with van der Waals surface area (Å²) < 4.78 is 9.90. The Kier molecular flexibility index (Phi) is 4.74. The molecule has 7 heteroatoms. The smallest absolute Gasteiger partial charge is 0.341 e. The number of thiophene rings is 1. The normalized spacial score (nSPS) is 10.4. The predicted molar refractivity (Wildman–Crippen MR) is 78.8 cm³/mol. The summed E-state index contributed by atoms with van der Waals surface area (Å²) in [6, 6.07) is 3.28. The number of hydrogen-bond donors (Lipinski definition) is 1. The molecule has 0 fully saturated rings. The third-order valence-electron chi connectivity index (χ3n) is 2.71. The SMILES string of the molecule is CCOC(=O)c1cc(CC)sc1NC(=O)c1cc(C)no1. The first-order valence-electron chi connectivity index (χ1n) is 6.59. The van der Waals surface area contributed by atoms with E-state index in [1.54, 1.807) is 19.9 Å². The molecule has 2 aromatic heterocycles. The van der Waals surface area contributed by atoms with Crippen LogP contribution in [0.15, 0.2) is 16.7 Å². The van der Waals surface area contributed by atoms with Crippen molar-refractivity contribution in [2.45, 2.75) is 27.2 Å². The second-order valence-electron chi connectivity index (χ2n) is 4.32. The van der Waals surface area contributed by atoms with E-state index in [2.05, 4.69) is 10.5 Å². The number of ether oxygens (including phenoxy) is 1. The van der Waals surface area contributed by atoms with Crippen LogP contribution < -0.4 is 5.32 Å². The minimum atomic E-state index is -0.447. The number of carbonyl (C=O) groups excluding carboxylic acids is 2. The van der Waals surface area contributed by atoms with Gasteiger partial charge in [0.05, 0.1) is 17.9 Å². The van der Waals surface area contributed by atoms with E-state index in [1.807, 2.05) is 6.92 Å². The standard InChI is InChI=1S/C14H16N2O4S/c1-4-9-7-10(14(18)19-5-2)13(21-9)15-12(17)11-6-8(3)16-20-11/h6-7H,4-5H2,1-3H3,(H,15,17). The van der Waals surface area contributed by atoms with Gasteiger partial charge >= 0.3 is 5.97 Å². The van der Waals surface area contributed by atoms with Crippen molar-refractivity contribution in [3.05, 3.63) is 34.0 Å². The summed E-state index contributed by atoms with van der Waals surface area (Å²) in [6.45, 7) is 5.72. The lowest BCUT2D eigenvalue weighted by molar-refractivity contribution is 0.0528. The molecule has 0 atom stereocenters. The zero-order chi connectivity index (χ0) is 15.4. The average Bonchev–Trinajstić information content (AvgIpc) is 3.05. The van der Waals surface area contributed by atoms with Crippen LogP contribution in [0, 0.1) is 6.92 Å². The Morgan fingerprint density at radius 2 is 2.14 bits per heavy atom. The molecule has 0 spiro atoms. The number of carbonyl (C=O) groups is 2. The first-order chi connectivity index (χ1) is 10.0. The van der Waals surface area contributed by atoms with Crippen molar-refractivity contribution >= 4 is 28.2 Å². The Morgan fingerprint density at radius 3 is 2.71 bits per heavy atom. The van der Waals surface area contributed by atoms with Gasteiger partial charge in [-0.25, -0.2) is 4.79 Å². The third kappa shape index (κ3) is 3.49. The molecule has 2 heterocycles. The van der Waals surface area contributed by atoms with Crippen LogP contribution in [-0.4, -0.2) is 23.6 Å². The number of aromatic nitrogens is 1. The van der Waals surface area contributed by atoms with Gasteiger partial charge in [0, 0.05) is 10.9 Å². The van der Waals surface area contributed by atoms with Gasteiger partial charge in [-0.3, -0.25) is 4.79 Å². The number of nitrogens with zero attached hydrogens (tertiary/aromatic N) is 1. The molecule has 0 saturated carbocycles. The second kappa shape index (κ2) is 6.53. The zero-order valence-electron chi connectivity index (χ0n) is 12.1. The summed E-state index contributed by atoms with van der Waals surface area (Å²) >= 11 is 1.35. The molecule has 6 nitrogen and oxygen atoms in total. The van der Waals surface area contributed by atoms with Crippen LogP contribution in [0.1, 0.15) is 45.3 Å². The summed E-state index contributed by atoms with van der Waals surface area (Å²) in [6.07, 6.45) is 0.772. The maximum Gasteiger partial charge on any atom is 0.341 e. The van der Waals surface area contributed by atoms with Crippen LogP contribution in [0.25, 0.3) is 0 Å². The molecule has 0 saturated heterocycles. The van der Waals surface area contributed by atoms with E-state index in [0.29, 0.717) is 16.3 Å². The molecule has 0 aliphatic heterocycles. The molecule has 0 bridgehead atoms. The van der Waals surface area contributed by atoms with Gasteiger partial charge in [-0.15, -0.1) is 11.3 Å². The number of rotatable bonds is 5. The Morgan fingerprint density at radius 1 is 1.38 bits per heavy atom. The monoisotopic (exact) mass is 308 g/mol. The largest absolute Gasteiger partial charge is 0.462 e. The van der Waals surface area contributed by atoms with Crippen LogP contribution in [0.4, 0.5) is 5.00 Å². The molecule has 112 valence electrons. The maximum absolute atomic E-state index is 12.1. The van der Waals surface area contributed by atoms with Gasteiger partial charge in [-0.05, 0) is 26.3 Å². The molecule has 2 rings (SSSR count). The van der Waals surface area contributed by atoms with Crippen LogP contribution in [0.2, 0.25) is 0 Å². The quantitative estimate of drug-likeness (QED) is 0.859. The highest BCUT2D eigenvalue weighted by atomic mass is 32.1. The Bertz CT molecular complexity index is 660. The van der Waals surface area contributed by atoms with E-state index in [1.165, 1.54) is 17.4 Å². The van der Waals surface area contributed by atoms with Crippen LogP contribution >= 0.6 is 11.3 Å². The van der Waals surface area contributed by atoms with Gasteiger partial charge in [-0.2, -0.15) is 0 Å². The molecule has 0 unspecified atom stereocenters. The van der Waals surface area contributed by atoms with Gasteiger partial charge in [0.1, 0.15) is 5.00 Å². The van der Waals surface area contributed by atoms with Crippen molar-refractivity contribution in [3.63, 3.8) is 0 Å². The van der Waals surface area contributed by atoms with Crippen molar-refractivity contribution < 1.29 is 18.8 Å². The van der Waals surface area contributed by atoms with Crippen molar-refractivity contribution in [3.8, 4) is 0 Å². The van der Waals surface area contributed by atoms with Crippen molar-refractivity contribution in [2.24, 2.45) is 0 Å². The maximum atomic E-state index is 12.1. The van der Waals surface area contributed by atoms with Gasteiger partial charge in [0.2, 0.25) is 5.76 Å². The lowest BCUT2D eigenvalue weighted by Gasteiger charge is -2.04. The average molecular weight is 308 g/mol. The van der Waals surface area contributed by atoms with Crippen LogP contribution in [-0.2, 0) is 11.2 Å². The first-order valence-corrected chi connectivity index (χ1v) is 7.41. The van der Waals surface area contributed by atoms with E-state index < -0.39 is 11.9 Å². The van der Waals surface area contributed by atoms with Gasteiger partial charge in [0.15, 0.2) is 0 Å². The van der Waals surface area contributed by atoms with E-state index >= 15 is 0 Å². The fourth-order valence-electron chi connectivity index (χ4n) is 1.70. The highest BCUT2D eigenvalue weighted by Crippen LogP contribution is 2.29. The Labute approximate surface area is 126 Å². The van der Waals surface area contributed by atoms with Gasteiger partial charge in [-0.1, -0.05) is 12.1 Å². The first kappa shape index (κ1) is 15.2. The van der Waals surface area contributed by atoms with E-state index in [4.69, 9.17) is 9.26 Å². The lowest BCUT2D eigenvalue weighted by Crippen LogP contribution is -2.13. The number of anilines is 1. The summed E-state index contributed by atoms with van der Waals surface area (Å²) in [5.41, 5.74) is 0.981. The van der Waals surface area contributed by atoms with E-state index in [0.717, 1.165) is 11.3 Å². The number of hydrogen-bond acceptors (Lipinski definition) is 6. The second-order valence-corrected chi connectivity index (χ2v) is 5.45. The van der Waals surface area contributed by atoms with Gasteiger partial charge < -0.3 is 14.6 Å². The number of nitrogens with one attached hydrogen (secondary N) is 1. The van der Waals surface area contributed by atoms with Crippen molar-refractivity contribution in [2.75, 3.05) is 11.9 Å². The molecule has 0 aliphatic carbocycles. The molecule has 1 N–H and O–H groups in total. The van der Waals surface area contributed by atoms with E-state index in [-0.39, 0.29) is 12.4 Å². The molecule has 0 radical (unpaired) electrons. The summed E-state index contributed by atoms with van der Waals surface area (Å²) in [5, 5.41) is 6.81. The molecule has 2 aromatic rings. The van der Waals surface area contributed by atoms with Crippen LogP contribution in [0.5, 0.6) is 0 Å². The molecule has 0 aliphatic rings. The summed E-state index contributed by atoms with van der Waals surface area (Å²) in [4.78, 5) is 25.0. The summed E-state index contributed by atoms with van der Waals surface area (Å²) in [7, 11) is 0. The number of aryl methyl sites for hydroxylation is 2. The Hall–Kier alpha value is -2.15. The molecule has 0 aromatic carbocycles. The van der Waals surface area contributed by atoms with Crippen LogP contribution in [0.3, 0.4) is 0 Å².